The zero-order valence-corrected chi connectivity index (χ0v) is 32.7. The number of nitrogens with zero attached hydrogens (tertiary/aromatic N) is 2. The number of hydrogen-bond donors (Lipinski definition) is 2. The third-order valence-electron chi connectivity index (χ3n) is 11.2. The van der Waals surface area contributed by atoms with Crippen LogP contribution in [0.2, 0.25) is 0 Å². The monoisotopic (exact) mass is 782 g/mol. The number of hydrogen-bond acceptors (Lipinski definition) is 7. The highest BCUT2D eigenvalue weighted by Gasteiger charge is 2.42. The molecule has 4 aromatic rings. The lowest BCUT2D eigenvalue weighted by Gasteiger charge is -2.41. The van der Waals surface area contributed by atoms with E-state index in [1.807, 2.05) is 18.2 Å². The Labute approximate surface area is 330 Å². The number of ether oxygens (including phenoxy) is 1. The molecule has 1 aromatic heterocycles. The first-order valence-electron chi connectivity index (χ1n) is 19.7. The van der Waals surface area contributed by atoms with Crippen LogP contribution in [-0.4, -0.2) is 65.8 Å². The smallest absolute Gasteiger partial charge is 0.337 e. The minimum Gasteiger partial charge on any atom is -0.465 e. The molecule has 2 N–H and O–H groups in total. The Morgan fingerprint density at radius 2 is 1.55 bits per heavy atom. The number of carbonyl (C=O) groups excluding carboxylic acids is 4. The van der Waals surface area contributed by atoms with E-state index in [9.17, 15) is 19.2 Å². The Morgan fingerprint density at radius 1 is 0.839 bits per heavy atom. The van der Waals surface area contributed by atoms with Gasteiger partial charge in [-0.3, -0.25) is 19.3 Å². The second-order valence-corrected chi connectivity index (χ2v) is 16.2. The molecule has 2 aliphatic heterocycles. The molecule has 0 saturated carbocycles. The maximum atomic E-state index is 15.3. The number of carbonyl (C=O) groups is 4. The minimum absolute atomic E-state index is 0.0171. The topological polar surface area (TPSA) is 108 Å². The number of amides is 3. The molecule has 0 spiro atoms. The van der Waals surface area contributed by atoms with Gasteiger partial charge >= 0.3 is 5.97 Å². The van der Waals surface area contributed by atoms with E-state index in [1.165, 1.54) is 18.4 Å². The van der Waals surface area contributed by atoms with Crippen LogP contribution >= 0.6 is 11.3 Å². The molecular formula is C44H48F2N4O5S. The summed E-state index contributed by atoms with van der Waals surface area (Å²) in [6.07, 6.45) is 8.32. The van der Waals surface area contributed by atoms with Crippen molar-refractivity contribution in [1.82, 2.24) is 9.80 Å². The van der Waals surface area contributed by atoms with Gasteiger partial charge in [0.25, 0.3) is 11.8 Å². The highest BCUT2D eigenvalue weighted by molar-refractivity contribution is 7.17. The van der Waals surface area contributed by atoms with E-state index in [4.69, 9.17) is 4.74 Å². The molecule has 2 fully saturated rings. The van der Waals surface area contributed by atoms with Gasteiger partial charge in [0.05, 0.1) is 18.2 Å². The van der Waals surface area contributed by atoms with Crippen LogP contribution in [0.1, 0.15) is 110 Å². The van der Waals surface area contributed by atoms with E-state index in [1.54, 1.807) is 30.3 Å². The number of piperazine rings is 1. The lowest BCUT2D eigenvalue weighted by molar-refractivity contribution is -0.137. The highest BCUT2D eigenvalue weighted by atomic mass is 32.1. The largest absolute Gasteiger partial charge is 0.465 e. The summed E-state index contributed by atoms with van der Waals surface area (Å²) in [6.45, 7) is 4.40. The summed E-state index contributed by atoms with van der Waals surface area (Å²) >= 11 is 1.38. The number of methoxy groups -OCH3 is 1. The number of nitrogens with one attached hydrogen (secondary N) is 2. The van der Waals surface area contributed by atoms with Crippen molar-refractivity contribution >= 4 is 45.7 Å². The van der Waals surface area contributed by atoms with E-state index in [-0.39, 0.29) is 41.6 Å². The number of rotatable bonds is 13. The lowest BCUT2D eigenvalue weighted by atomic mass is 9.95. The Balaban J connectivity index is 1.01. The number of anilines is 2. The van der Waals surface area contributed by atoms with Gasteiger partial charge in [-0.1, -0.05) is 37.6 Å². The normalized spacial score (nSPS) is 17.7. The molecular weight excluding hydrogens is 735 g/mol. The van der Waals surface area contributed by atoms with Crippen LogP contribution in [0, 0.1) is 11.6 Å². The van der Waals surface area contributed by atoms with Gasteiger partial charge in [-0.05, 0) is 111 Å². The quantitative estimate of drug-likeness (QED) is 0.132. The average Bonchev–Trinajstić information content (AvgIpc) is 3.69. The number of unbranched alkanes of at least 4 members (excludes halogenated alkanes) is 1. The molecule has 0 radical (unpaired) electrons. The molecule has 3 amide bonds. The summed E-state index contributed by atoms with van der Waals surface area (Å²) in [5, 5.41) is 6.12. The minimum atomic E-state index is -0.776. The number of halogens is 2. The maximum Gasteiger partial charge on any atom is 0.337 e. The predicted octanol–water partition coefficient (Wildman–Crippen LogP) is 8.35. The second-order valence-electron chi connectivity index (χ2n) is 15.1. The number of thiophene rings is 1. The van der Waals surface area contributed by atoms with Crippen LogP contribution in [0.5, 0.6) is 0 Å². The lowest BCUT2D eigenvalue weighted by Crippen LogP contribution is -2.55. The molecule has 3 heterocycles. The van der Waals surface area contributed by atoms with Crippen LogP contribution in [-0.2, 0) is 41.8 Å². The molecule has 7 rings (SSSR count). The van der Waals surface area contributed by atoms with E-state index in [2.05, 4.69) is 27.4 Å². The third-order valence-corrected chi connectivity index (χ3v) is 12.5. The number of esters is 1. The summed E-state index contributed by atoms with van der Waals surface area (Å²) < 4.78 is 35.4. The van der Waals surface area contributed by atoms with Gasteiger partial charge in [0.15, 0.2) is 0 Å². The standard InChI is InChI=1S/C44H48F2N4O5S/c1-3-4-12-39(51)50-32-18-19-33(50)26-49(25-32)24-28-8-7-9-30(21-28)41(52)48-43-40(35-10-5-6-11-38(35)56-43)42(53)47-31-22-36(45)34(37(46)23-31)20-15-27-13-16-29(17-14-27)44(54)55-2/h7-9,13-14,16-17,21-23,32-33H,3-6,10-12,15,18-20,24-26H2,1-2H3,(H,47,53)(H,48,52). The summed E-state index contributed by atoms with van der Waals surface area (Å²) in [6, 6.07) is 16.9. The Hall–Kier alpha value is -4.94. The second kappa shape index (κ2) is 17.5. The van der Waals surface area contributed by atoms with Crippen LogP contribution in [0.25, 0.3) is 0 Å². The Morgan fingerprint density at radius 3 is 2.25 bits per heavy atom. The summed E-state index contributed by atoms with van der Waals surface area (Å²) in [7, 11) is 1.30. The molecule has 56 heavy (non-hydrogen) atoms. The number of aryl methyl sites for hydroxylation is 2. The molecule has 3 aromatic carbocycles. The highest BCUT2D eigenvalue weighted by Crippen LogP contribution is 2.39. The SMILES string of the molecule is CCCCC(=O)N1C2CCC1CN(Cc1cccc(C(=O)Nc3sc4c(c3C(=O)Nc3cc(F)c(CCc5ccc(C(=O)OC)cc5)c(F)c3)CCCC4)c1)C2. The van der Waals surface area contributed by atoms with E-state index < -0.39 is 23.5 Å². The van der Waals surface area contributed by atoms with Crippen LogP contribution in [0.3, 0.4) is 0 Å². The number of fused-ring (bicyclic) bond motifs is 3. The van der Waals surface area contributed by atoms with Gasteiger partial charge in [-0.2, -0.15) is 0 Å². The predicted molar refractivity (Wildman–Crippen MR) is 213 cm³/mol. The molecule has 3 aliphatic rings. The molecule has 1 aliphatic carbocycles. The summed E-state index contributed by atoms with van der Waals surface area (Å²) in [4.78, 5) is 57.8. The fourth-order valence-corrected chi connectivity index (χ4v) is 9.71. The first-order valence-corrected chi connectivity index (χ1v) is 20.5. The van der Waals surface area contributed by atoms with Gasteiger partial charge in [0, 0.05) is 59.8 Å². The van der Waals surface area contributed by atoms with Crippen LogP contribution in [0.15, 0.2) is 60.7 Å². The van der Waals surface area contributed by atoms with Gasteiger partial charge in [-0.15, -0.1) is 11.3 Å². The van der Waals surface area contributed by atoms with E-state index in [0.717, 1.165) is 91.7 Å². The zero-order valence-electron chi connectivity index (χ0n) is 31.9. The number of benzene rings is 3. The molecule has 2 bridgehead atoms. The van der Waals surface area contributed by atoms with Crippen molar-refractivity contribution in [3.8, 4) is 0 Å². The molecule has 2 unspecified atom stereocenters. The molecule has 9 nitrogen and oxygen atoms in total. The van der Waals surface area contributed by atoms with Crippen LogP contribution in [0.4, 0.5) is 19.5 Å². The Bertz CT molecular complexity index is 2080. The van der Waals surface area contributed by atoms with Crippen molar-refractivity contribution in [3.63, 3.8) is 0 Å². The van der Waals surface area contributed by atoms with Crippen LogP contribution < -0.4 is 10.6 Å². The van der Waals surface area contributed by atoms with Crippen molar-refractivity contribution in [1.29, 1.82) is 0 Å². The fraction of sp³-hybridized carbons (Fsp3) is 0.409. The maximum absolute atomic E-state index is 15.3. The third kappa shape index (κ3) is 8.71. The summed E-state index contributed by atoms with van der Waals surface area (Å²) in [5.74, 6) is -2.62. The van der Waals surface area contributed by atoms with Crippen molar-refractivity contribution in [2.45, 2.75) is 96.2 Å². The van der Waals surface area contributed by atoms with Gasteiger partial charge < -0.3 is 20.3 Å². The zero-order chi connectivity index (χ0) is 39.3. The van der Waals surface area contributed by atoms with Crippen molar-refractivity contribution < 1.29 is 32.7 Å². The fourth-order valence-electron chi connectivity index (χ4n) is 8.42. The van der Waals surface area contributed by atoms with Gasteiger partial charge in [0.1, 0.15) is 16.6 Å². The first kappa shape index (κ1) is 39.3. The van der Waals surface area contributed by atoms with Gasteiger partial charge in [-0.25, -0.2) is 13.6 Å². The molecule has 2 saturated heterocycles. The Kier molecular flexibility index (Phi) is 12.3. The van der Waals surface area contributed by atoms with E-state index in [0.29, 0.717) is 47.5 Å². The summed E-state index contributed by atoms with van der Waals surface area (Å²) in [5.41, 5.74) is 3.72. The average molecular weight is 783 g/mol. The van der Waals surface area contributed by atoms with Crippen molar-refractivity contribution in [3.05, 3.63) is 116 Å². The van der Waals surface area contributed by atoms with Crippen molar-refractivity contribution in [2.75, 3.05) is 30.8 Å². The van der Waals surface area contributed by atoms with E-state index >= 15 is 8.78 Å². The molecule has 294 valence electrons. The first-order chi connectivity index (χ1) is 27.1. The molecule has 12 heteroatoms. The van der Waals surface area contributed by atoms with Crippen molar-refractivity contribution in [2.24, 2.45) is 0 Å². The molecule has 2 atom stereocenters. The van der Waals surface area contributed by atoms with Gasteiger partial charge in [0.2, 0.25) is 5.91 Å². The number of likely N-dealkylation sites (tertiary alicyclic amines) is 1.